The fourth-order valence-corrected chi connectivity index (χ4v) is 3.12. The van der Waals surface area contributed by atoms with Gasteiger partial charge in [-0.3, -0.25) is 15.0 Å². The first-order valence-electron chi connectivity index (χ1n) is 7.32. The summed E-state index contributed by atoms with van der Waals surface area (Å²) in [6.45, 7) is 4.47. The average molecular weight is 328 g/mol. The number of anilines is 1. The number of benzene rings is 1. The van der Waals surface area contributed by atoms with Crippen LogP contribution in [-0.2, 0) is 0 Å². The number of nitrogens with zero attached hydrogens (tertiary/aromatic N) is 4. The van der Waals surface area contributed by atoms with Gasteiger partial charge in [-0.05, 0) is 6.07 Å². The average Bonchev–Trinajstić information content (AvgIpc) is 3.10. The van der Waals surface area contributed by atoms with Gasteiger partial charge in [-0.15, -0.1) is 11.3 Å². The molecule has 1 aliphatic rings. The van der Waals surface area contributed by atoms with E-state index in [0.717, 1.165) is 31.3 Å². The molecule has 0 aliphatic carbocycles. The summed E-state index contributed by atoms with van der Waals surface area (Å²) in [5, 5.41) is 13.8. The highest BCUT2D eigenvalue weighted by atomic mass is 32.1. The lowest BCUT2D eigenvalue weighted by molar-refractivity contribution is -0.384. The molecule has 0 N–H and O–H groups in total. The minimum Gasteiger partial charge on any atom is -0.346 e. The second kappa shape index (κ2) is 7.22. The van der Waals surface area contributed by atoms with Crippen LogP contribution in [0.25, 0.3) is 0 Å². The largest absolute Gasteiger partial charge is 0.346 e. The van der Waals surface area contributed by atoms with Crippen LogP contribution in [0.15, 0.2) is 35.8 Å². The molecule has 0 radical (unpaired) electrons. The molecule has 118 valence electrons. The summed E-state index contributed by atoms with van der Waals surface area (Å²) < 4.78 is 0. The Morgan fingerprint density at radius 3 is 2.83 bits per heavy atom. The maximum atomic E-state index is 10.7. The summed E-state index contributed by atoms with van der Waals surface area (Å²) in [7, 11) is 0. The van der Waals surface area contributed by atoms with E-state index in [1.807, 2.05) is 11.6 Å². The summed E-state index contributed by atoms with van der Waals surface area (Å²) in [5.74, 6) is 6.11. The molecule has 2 heterocycles. The van der Waals surface area contributed by atoms with E-state index in [2.05, 4.69) is 26.6 Å². The van der Waals surface area contributed by atoms with Crippen molar-refractivity contribution in [3.63, 3.8) is 0 Å². The first kappa shape index (κ1) is 15.5. The SMILES string of the molecule is O=[N+]([O-])c1cccc(C#CCN2CCN(c3nccs3)CC2)c1. The molecule has 0 bridgehead atoms. The van der Waals surface area contributed by atoms with E-state index >= 15 is 0 Å². The monoisotopic (exact) mass is 328 g/mol. The zero-order chi connectivity index (χ0) is 16.1. The second-order valence-electron chi connectivity index (χ2n) is 5.19. The smallest absolute Gasteiger partial charge is 0.270 e. The lowest BCUT2D eigenvalue weighted by Crippen LogP contribution is -2.46. The topological polar surface area (TPSA) is 62.5 Å². The summed E-state index contributed by atoms with van der Waals surface area (Å²) in [6.07, 6.45) is 1.83. The van der Waals surface area contributed by atoms with Crippen molar-refractivity contribution in [2.75, 3.05) is 37.6 Å². The number of nitro groups is 1. The lowest BCUT2D eigenvalue weighted by atomic mass is 10.2. The predicted molar refractivity (Wildman–Crippen MR) is 90.7 cm³/mol. The lowest BCUT2D eigenvalue weighted by Gasteiger charge is -2.33. The van der Waals surface area contributed by atoms with E-state index in [4.69, 9.17) is 0 Å². The molecular weight excluding hydrogens is 312 g/mol. The Morgan fingerprint density at radius 1 is 1.30 bits per heavy atom. The Hall–Kier alpha value is -2.43. The Morgan fingerprint density at radius 2 is 2.13 bits per heavy atom. The first-order valence-corrected chi connectivity index (χ1v) is 8.20. The summed E-state index contributed by atoms with van der Waals surface area (Å²) >= 11 is 1.66. The Labute approximate surface area is 138 Å². The molecule has 3 rings (SSSR count). The van der Waals surface area contributed by atoms with Crippen molar-refractivity contribution >= 4 is 22.2 Å². The molecule has 6 nitrogen and oxygen atoms in total. The minimum absolute atomic E-state index is 0.0777. The maximum absolute atomic E-state index is 10.7. The zero-order valence-corrected chi connectivity index (χ0v) is 13.3. The van der Waals surface area contributed by atoms with Crippen molar-refractivity contribution in [1.82, 2.24) is 9.88 Å². The number of hydrogen-bond acceptors (Lipinski definition) is 6. The number of nitro benzene ring substituents is 1. The van der Waals surface area contributed by atoms with Crippen LogP contribution < -0.4 is 4.90 Å². The number of rotatable bonds is 3. The van der Waals surface area contributed by atoms with Crippen molar-refractivity contribution in [3.8, 4) is 11.8 Å². The van der Waals surface area contributed by atoms with Crippen molar-refractivity contribution in [2.45, 2.75) is 0 Å². The van der Waals surface area contributed by atoms with Crippen molar-refractivity contribution in [2.24, 2.45) is 0 Å². The van der Waals surface area contributed by atoms with Gasteiger partial charge >= 0.3 is 0 Å². The summed E-state index contributed by atoms with van der Waals surface area (Å²) in [6, 6.07) is 6.44. The van der Waals surface area contributed by atoms with Gasteiger partial charge in [0.05, 0.1) is 11.5 Å². The molecule has 0 amide bonds. The molecule has 0 unspecified atom stereocenters. The minimum atomic E-state index is -0.400. The molecule has 1 fully saturated rings. The van der Waals surface area contributed by atoms with Gasteiger partial charge in [-0.25, -0.2) is 4.98 Å². The Bertz CT molecular complexity index is 728. The molecular formula is C16H16N4O2S. The van der Waals surface area contributed by atoms with Gasteiger partial charge in [-0.1, -0.05) is 17.9 Å². The highest BCUT2D eigenvalue weighted by Crippen LogP contribution is 2.18. The molecule has 1 saturated heterocycles. The Balaban J connectivity index is 1.52. The van der Waals surface area contributed by atoms with Crippen molar-refractivity contribution < 1.29 is 4.92 Å². The number of non-ortho nitro benzene ring substituents is 1. The van der Waals surface area contributed by atoms with Gasteiger partial charge in [0, 0.05) is 55.5 Å². The number of piperazine rings is 1. The third kappa shape index (κ3) is 4.06. The van der Waals surface area contributed by atoms with Crippen LogP contribution in [0.2, 0.25) is 0 Å². The van der Waals surface area contributed by atoms with Crippen LogP contribution in [0.5, 0.6) is 0 Å². The molecule has 7 heteroatoms. The van der Waals surface area contributed by atoms with E-state index in [-0.39, 0.29) is 5.69 Å². The quantitative estimate of drug-likeness (QED) is 0.491. The fraction of sp³-hybridized carbons (Fsp3) is 0.312. The van der Waals surface area contributed by atoms with Gasteiger partial charge in [0.1, 0.15) is 0 Å². The van der Waals surface area contributed by atoms with Crippen LogP contribution in [-0.4, -0.2) is 47.5 Å². The van der Waals surface area contributed by atoms with Crippen LogP contribution >= 0.6 is 11.3 Å². The maximum Gasteiger partial charge on any atom is 0.270 e. The summed E-state index contributed by atoms with van der Waals surface area (Å²) in [5.41, 5.74) is 0.759. The highest BCUT2D eigenvalue weighted by Gasteiger charge is 2.17. The Kier molecular flexibility index (Phi) is 4.86. The van der Waals surface area contributed by atoms with Gasteiger partial charge in [0.2, 0.25) is 0 Å². The number of aromatic nitrogens is 1. The number of thiazole rings is 1. The van der Waals surface area contributed by atoms with Crippen LogP contribution in [0.3, 0.4) is 0 Å². The number of hydrogen-bond donors (Lipinski definition) is 0. The third-order valence-corrected chi connectivity index (χ3v) is 4.49. The molecule has 23 heavy (non-hydrogen) atoms. The predicted octanol–water partition coefficient (Wildman–Crippen LogP) is 2.23. The van der Waals surface area contributed by atoms with E-state index in [1.54, 1.807) is 23.5 Å². The van der Waals surface area contributed by atoms with Crippen molar-refractivity contribution in [1.29, 1.82) is 0 Å². The standard InChI is InChI=1S/C16H16N4O2S/c21-20(22)15-5-1-3-14(13-15)4-2-7-18-8-10-19(11-9-18)16-17-6-12-23-16/h1,3,5-6,12-13H,7-11H2. The van der Waals surface area contributed by atoms with Crippen LogP contribution in [0.4, 0.5) is 10.8 Å². The molecule has 0 spiro atoms. The fourth-order valence-electron chi connectivity index (χ4n) is 2.42. The molecule has 1 aliphatic heterocycles. The summed E-state index contributed by atoms with van der Waals surface area (Å²) in [4.78, 5) is 19.2. The van der Waals surface area contributed by atoms with Gasteiger partial charge in [0.15, 0.2) is 5.13 Å². The van der Waals surface area contributed by atoms with Gasteiger partial charge in [0.25, 0.3) is 5.69 Å². The van der Waals surface area contributed by atoms with Crippen molar-refractivity contribution in [3.05, 3.63) is 51.5 Å². The van der Waals surface area contributed by atoms with E-state index in [0.29, 0.717) is 12.1 Å². The van der Waals surface area contributed by atoms with E-state index in [1.165, 1.54) is 12.1 Å². The second-order valence-corrected chi connectivity index (χ2v) is 6.06. The van der Waals surface area contributed by atoms with Crippen LogP contribution in [0.1, 0.15) is 5.56 Å². The normalized spacial score (nSPS) is 15.0. The highest BCUT2D eigenvalue weighted by molar-refractivity contribution is 7.13. The molecule has 0 saturated carbocycles. The third-order valence-electron chi connectivity index (χ3n) is 3.65. The first-order chi connectivity index (χ1) is 11.2. The molecule has 1 aromatic carbocycles. The van der Waals surface area contributed by atoms with Gasteiger partial charge in [-0.2, -0.15) is 0 Å². The molecule has 0 atom stereocenters. The molecule has 1 aromatic heterocycles. The van der Waals surface area contributed by atoms with E-state index in [9.17, 15) is 10.1 Å². The molecule has 2 aromatic rings. The van der Waals surface area contributed by atoms with Gasteiger partial charge < -0.3 is 4.90 Å². The zero-order valence-electron chi connectivity index (χ0n) is 12.5. The van der Waals surface area contributed by atoms with E-state index < -0.39 is 4.92 Å². The van der Waals surface area contributed by atoms with Crippen LogP contribution in [0, 0.1) is 22.0 Å².